The standard InChI is InChI=1S/C10H7F5N2O2/c1-18-6-4-17-7(9(11)12)5(2-3-16)8(6)19-10(13,14)15/h4,9H,2H2,1H3. The first-order chi connectivity index (χ1) is 8.80. The molecule has 4 nitrogen and oxygen atoms in total. The smallest absolute Gasteiger partial charge is 0.491 e. The number of hydrogen-bond donors (Lipinski definition) is 0. The quantitative estimate of drug-likeness (QED) is 0.797. The maximum Gasteiger partial charge on any atom is 0.573 e. The second kappa shape index (κ2) is 5.69. The fraction of sp³-hybridized carbons (Fsp3) is 0.400. The van der Waals surface area contributed by atoms with Gasteiger partial charge in [-0.15, -0.1) is 13.2 Å². The number of aromatic nitrogens is 1. The predicted octanol–water partition coefficient (Wildman–Crippen LogP) is 2.99. The molecule has 0 fully saturated rings. The lowest BCUT2D eigenvalue weighted by Gasteiger charge is -2.17. The first kappa shape index (κ1) is 14.9. The molecule has 0 aliphatic carbocycles. The fourth-order valence-electron chi connectivity index (χ4n) is 1.34. The highest BCUT2D eigenvalue weighted by Gasteiger charge is 2.35. The van der Waals surface area contributed by atoms with Crippen molar-refractivity contribution in [1.82, 2.24) is 4.98 Å². The van der Waals surface area contributed by atoms with Crippen molar-refractivity contribution in [3.05, 3.63) is 17.5 Å². The van der Waals surface area contributed by atoms with Crippen molar-refractivity contribution in [2.24, 2.45) is 0 Å². The second-order valence-electron chi connectivity index (χ2n) is 3.20. The molecule has 1 rings (SSSR count). The summed E-state index contributed by atoms with van der Waals surface area (Å²) in [6.07, 6.45) is -8.26. The summed E-state index contributed by atoms with van der Waals surface area (Å²) in [6.45, 7) is 0. The van der Waals surface area contributed by atoms with E-state index >= 15 is 0 Å². The third-order valence-corrected chi connectivity index (χ3v) is 2.03. The summed E-state index contributed by atoms with van der Waals surface area (Å²) >= 11 is 0. The van der Waals surface area contributed by atoms with Gasteiger partial charge in [0, 0.05) is 5.56 Å². The minimum Gasteiger partial charge on any atom is -0.491 e. The summed E-state index contributed by atoms with van der Waals surface area (Å²) in [5, 5.41) is 8.51. The van der Waals surface area contributed by atoms with Gasteiger partial charge in [-0.3, -0.25) is 4.98 Å². The van der Waals surface area contributed by atoms with Gasteiger partial charge in [0.1, 0.15) is 5.69 Å². The van der Waals surface area contributed by atoms with Gasteiger partial charge in [0.25, 0.3) is 6.43 Å². The summed E-state index contributed by atoms with van der Waals surface area (Å²) in [7, 11) is 1.03. The Labute approximate surface area is 104 Å². The number of ether oxygens (including phenoxy) is 2. The highest BCUT2D eigenvalue weighted by Crippen LogP contribution is 2.39. The maximum atomic E-state index is 12.6. The summed E-state index contributed by atoms with van der Waals surface area (Å²) < 4.78 is 70.2. The van der Waals surface area contributed by atoms with Crippen molar-refractivity contribution < 1.29 is 31.4 Å². The van der Waals surface area contributed by atoms with Crippen molar-refractivity contribution in [3.63, 3.8) is 0 Å². The number of alkyl halides is 5. The van der Waals surface area contributed by atoms with E-state index in [-0.39, 0.29) is 0 Å². The molecule has 19 heavy (non-hydrogen) atoms. The lowest BCUT2D eigenvalue weighted by molar-refractivity contribution is -0.275. The van der Waals surface area contributed by atoms with Gasteiger partial charge in [0.15, 0.2) is 11.5 Å². The Bertz CT molecular complexity index is 496. The van der Waals surface area contributed by atoms with Crippen LogP contribution in [0.1, 0.15) is 17.7 Å². The number of pyridine rings is 1. The van der Waals surface area contributed by atoms with E-state index in [9.17, 15) is 22.0 Å². The summed E-state index contributed by atoms with van der Waals surface area (Å²) in [6, 6.07) is 1.48. The van der Waals surface area contributed by atoms with Gasteiger partial charge in [-0.05, 0) is 0 Å². The Balaban J connectivity index is 3.44. The molecule has 0 bridgehead atoms. The van der Waals surface area contributed by atoms with E-state index in [0.29, 0.717) is 6.20 Å². The van der Waals surface area contributed by atoms with Crippen molar-refractivity contribution in [2.45, 2.75) is 19.2 Å². The average Bonchev–Trinajstić information content (AvgIpc) is 2.29. The van der Waals surface area contributed by atoms with Crippen LogP contribution in [0.5, 0.6) is 11.5 Å². The molecule has 0 aromatic carbocycles. The minimum absolute atomic E-state index is 0.480. The molecule has 0 saturated carbocycles. The van der Waals surface area contributed by atoms with Crippen LogP contribution < -0.4 is 9.47 Å². The van der Waals surface area contributed by atoms with Gasteiger partial charge >= 0.3 is 6.36 Å². The van der Waals surface area contributed by atoms with Crippen LogP contribution in [0.25, 0.3) is 0 Å². The fourth-order valence-corrected chi connectivity index (χ4v) is 1.34. The van der Waals surface area contributed by atoms with Crippen LogP contribution in [0.3, 0.4) is 0 Å². The summed E-state index contributed by atoms with van der Waals surface area (Å²) in [4.78, 5) is 3.28. The Morgan fingerprint density at radius 3 is 2.47 bits per heavy atom. The topological polar surface area (TPSA) is 55.1 Å². The van der Waals surface area contributed by atoms with Gasteiger partial charge in [-0.1, -0.05) is 0 Å². The van der Waals surface area contributed by atoms with E-state index in [1.165, 1.54) is 6.07 Å². The lowest BCUT2D eigenvalue weighted by Crippen LogP contribution is -2.19. The van der Waals surface area contributed by atoms with Crippen LogP contribution >= 0.6 is 0 Å². The highest BCUT2D eigenvalue weighted by molar-refractivity contribution is 5.49. The number of rotatable bonds is 4. The van der Waals surface area contributed by atoms with Crippen LogP contribution in [-0.2, 0) is 6.42 Å². The average molecular weight is 282 g/mol. The molecule has 0 unspecified atom stereocenters. The van der Waals surface area contributed by atoms with E-state index < -0.39 is 42.0 Å². The van der Waals surface area contributed by atoms with Gasteiger partial charge in [-0.2, -0.15) is 5.26 Å². The van der Waals surface area contributed by atoms with Crippen LogP contribution in [0, 0.1) is 11.3 Å². The molecule has 0 spiro atoms. The first-order valence-corrected chi connectivity index (χ1v) is 4.76. The number of nitriles is 1. The molecule has 1 aromatic heterocycles. The van der Waals surface area contributed by atoms with E-state index in [0.717, 1.165) is 7.11 Å². The number of hydrogen-bond acceptors (Lipinski definition) is 4. The largest absolute Gasteiger partial charge is 0.573 e. The molecule has 1 heterocycles. The molecule has 0 atom stereocenters. The first-order valence-electron chi connectivity index (χ1n) is 4.76. The summed E-state index contributed by atoms with van der Waals surface area (Å²) in [5.41, 5.74) is -1.59. The zero-order valence-corrected chi connectivity index (χ0v) is 9.46. The van der Waals surface area contributed by atoms with Crippen molar-refractivity contribution >= 4 is 0 Å². The Kier molecular flexibility index (Phi) is 4.47. The number of halogens is 5. The minimum atomic E-state index is -5.10. The summed E-state index contributed by atoms with van der Waals surface area (Å²) in [5.74, 6) is -1.45. The monoisotopic (exact) mass is 282 g/mol. The SMILES string of the molecule is COc1cnc(C(F)F)c(CC#N)c1OC(F)(F)F. The zero-order chi connectivity index (χ0) is 14.6. The van der Waals surface area contributed by atoms with Crippen LogP contribution in [-0.4, -0.2) is 18.5 Å². The van der Waals surface area contributed by atoms with Crippen molar-refractivity contribution in [2.75, 3.05) is 7.11 Å². The van der Waals surface area contributed by atoms with E-state index in [1.807, 2.05) is 0 Å². The number of nitrogens with zero attached hydrogens (tertiary/aromatic N) is 2. The van der Waals surface area contributed by atoms with E-state index in [2.05, 4.69) is 14.5 Å². The maximum absolute atomic E-state index is 12.6. The van der Waals surface area contributed by atoms with Crippen molar-refractivity contribution in [3.8, 4) is 17.6 Å². The van der Waals surface area contributed by atoms with E-state index in [4.69, 9.17) is 5.26 Å². The molecular weight excluding hydrogens is 275 g/mol. The van der Waals surface area contributed by atoms with Gasteiger partial charge in [-0.25, -0.2) is 8.78 Å². The number of methoxy groups -OCH3 is 1. The molecule has 0 aliphatic heterocycles. The van der Waals surface area contributed by atoms with E-state index in [1.54, 1.807) is 0 Å². The molecule has 0 radical (unpaired) electrons. The zero-order valence-electron chi connectivity index (χ0n) is 9.46. The highest BCUT2D eigenvalue weighted by atomic mass is 19.4. The molecule has 0 aliphatic rings. The Hall–Kier alpha value is -2.11. The second-order valence-corrected chi connectivity index (χ2v) is 3.20. The normalized spacial score (nSPS) is 11.3. The molecular formula is C10H7F5N2O2. The van der Waals surface area contributed by atoms with Crippen LogP contribution in [0.2, 0.25) is 0 Å². The molecule has 0 saturated heterocycles. The molecule has 1 aromatic rings. The van der Waals surface area contributed by atoms with Gasteiger partial charge in [0.05, 0.1) is 25.8 Å². The molecule has 104 valence electrons. The Morgan fingerprint density at radius 1 is 1.42 bits per heavy atom. The third kappa shape index (κ3) is 3.67. The van der Waals surface area contributed by atoms with Gasteiger partial charge in [0.2, 0.25) is 0 Å². The third-order valence-electron chi connectivity index (χ3n) is 2.03. The Morgan fingerprint density at radius 2 is 2.05 bits per heavy atom. The van der Waals surface area contributed by atoms with Crippen molar-refractivity contribution in [1.29, 1.82) is 5.26 Å². The lowest BCUT2D eigenvalue weighted by atomic mass is 10.1. The molecule has 9 heteroatoms. The van der Waals surface area contributed by atoms with Crippen LogP contribution in [0.4, 0.5) is 22.0 Å². The molecule has 0 amide bonds. The predicted molar refractivity (Wildman–Crippen MR) is 51.7 cm³/mol. The van der Waals surface area contributed by atoms with Crippen LogP contribution in [0.15, 0.2) is 6.20 Å². The molecule has 0 N–H and O–H groups in total. The van der Waals surface area contributed by atoms with Gasteiger partial charge < -0.3 is 9.47 Å².